The molecule has 0 aromatic heterocycles. The van der Waals surface area contributed by atoms with Gasteiger partial charge >= 0.3 is 0 Å². The Balaban J connectivity index is 1.20. The fourth-order valence-electron chi connectivity index (χ4n) is 6.32. The molecular weight excluding hydrogens is 442 g/mol. The molecule has 7 nitrogen and oxygen atoms in total. The Kier molecular flexibility index (Phi) is 6.91. The molecule has 6 rings (SSSR count). The van der Waals surface area contributed by atoms with Crippen LogP contribution in [0.4, 0.5) is 5.69 Å². The van der Waals surface area contributed by atoms with Crippen LogP contribution in [0.5, 0.6) is 0 Å². The largest absolute Gasteiger partial charge is 0.390 e. The summed E-state index contributed by atoms with van der Waals surface area (Å²) in [5.74, 6) is -0.300. The summed E-state index contributed by atoms with van der Waals surface area (Å²) in [6.45, 7) is 1.92. The average Bonchev–Trinajstić information content (AvgIpc) is 2.91. The van der Waals surface area contributed by atoms with Crippen molar-refractivity contribution in [3.05, 3.63) is 65.2 Å². The number of fused-ring (bicyclic) bond motifs is 3. The number of aliphatic hydroxyl groups excluding tert-OH is 2. The summed E-state index contributed by atoms with van der Waals surface area (Å²) in [4.78, 5) is 28.1. The molecule has 7 heteroatoms. The van der Waals surface area contributed by atoms with Gasteiger partial charge in [0.05, 0.1) is 12.2 Å². The van der Waals surface area contributed by atoms with Gasteiger partial charge in [0, 0.05) is 36.8 Å². The first-order valence-corrected chi connectivity index (χ1v) is 12.8. The second kappa shape index (κ2) is 10.1. The van der Waals surface area contributed by atoms with Crippen LogP contribution < -0.4 is 11.1 Å². The maximum absolute atomic E-state index is 13.2. The van der Waals surface area contributed by atoms with Gasteiger partial charge in [-0.15, -0.1) is 0 Å². The minimum absolute atomic E-state index is 0.0227. The molecule has 1 aliphatic heterocycles. The van der Waals surface area contributed by atoms with E-state index in [1.165, 1.54) is 5.56 Å². The van der Waals surface area contributed by atoms with Crippen molar-refractivity contribution in [1.82, 2.24) is 4.90 Å². The minimum Gasteiger partial charge on any atom is -0.390 e. The van der Waals surface area contributed by atoms with Crippen molar-refractivity contribution in [3.63, 3.8) is 0 Å². The van der Waals surface area contributed by atoms with E-state index in [0.717, 1.165) is 31.2 Å². The van der Waals surface area contributed by atoms with Gasteiger partial charge in [0.2, 0.25) is 5.91 Å². The minimum atomic E-state index is -0.841. The number of aliphatic hydroxyl groups is 2. The highest BCUT2D eigenvalue weighted by Crippen LogP contribution is 2.45. The van der Waals surface area contributed by atoms with Crippen LogP contribution in [0, 0.1) is 17.8 Å². The molecule has 0 spiro atoms. The standard InChI is InChI=1S/C28H35N3O4/c29-16-17-3-1-4-19(13-17)18-9-11-31(12-10-18)28(35)21-5-2-6-22(14-21)30-27(34)24-15-20-7-8-23(24)26(33)25(20)32/h1-6,13-14,18,20,23-26,32-33H,7-12,15-16,29H2,(H,30,34)/t20?,23?,24-,25-,26+/m1/s1. The number of rotatable bonds is 5. The third kappa shape index (κ3) is 4.85. The maximum Gasteiger partial charge on any atom is 0.253 e. The molecule has 1 heterocycles. The molecule has 35 heavy (non-hydrogen) atoms. The molecule has 3 aliphatic carbocycles. The highest BCUT2D eigenvalue weighted by Gasteiger charge is 2.49. The predicted octanol–water partition coefficient (Wildman–Crippen LogP) is 2.87. The predicted molar refractivity (Wildman–Crippen MR) is 134 cm³/mol. The van der Waals surface area contributed by atoms with Crippen LogP contribution in [-0.4, -0.2) is 52.2 Å². The van der Waals surface area contributed by atoms with E-state index in [9.17, 15) is 19.8 Å². The van der Waals surface area contributed by atoms with Crippen LogP contribution in [0.25, 0.3) is 0 Å². The van der Waals surface area contributed by atoms with Gasteiger partial charge in [-0.25, -0.2) is 0 Å². The van der Waals surface area contributed by atoms with E-state index < -0.39 is 12.2 Å². The highest BCUT2D eigenvalue weighted by molar-refractivity contribution is 5.98. The monoisotopic (exact) mass is 477 g/mol. The van der Waals surface area contributed by atoms with Crippen LogP contribution in [0.3, 0.4) is 0 Å². The highest BCUT2D eigenvalue weighted by atomic mass is 16.3. The third-order valence-electron chi connectivity index (χ3n) is 8.37. The molecule has 2 amide bonds. The first-order valence-electron chi connectivity index (χ1n) is 12.8. The summed E-state index contributed by atoms with van der Waals surface area (Å²) in [6.07, 6.45) is 2.46. The lowest BCUT2D eigenvalue weighted by Crippen LogP contribution is -2.54. The molecule has 5 N–H and O–H groups in total. The van der Waals surface area contributed by atoms with Crippen molar-refractivity contribution in [2.75, 3.05) is 18.4 Å². The van der Waals surface area contributed by atoms with Gasteiger partial charge in [-0.05, 0) is 79.2 Å². The molecule has 5 atom stereocenters. The Morgan fingerprint density at radius 2 is 1.74 bits per heavy atom. The Labute approximate surface area is 206 Å². The SMILES string of the molecule is NCc1cccc(C2CCN(C(=O)c3cccc(NC(=O)[C@@H]4CC5CCC4[C@H](O)[C@@H]5O)c3)CC2)c1. The smallest absolute Gasteiger partial charge is 0.253 e. The fourth-order valence-corrected chi connectivity index (χ4v) is 6.32. The first kappa shape index (κ1) is 24.0. The van der Waals surface area contributed by atoms with Crippen molar-refractivity contribution >= 4 is 17.5 Å². The van der Waals surface area contributed by atoms with Gasteiger partial charge in [0.15, 0.2) is 0 Å². The van der Waals surface area contributed by atoms with Gasteiger partial charge < -0.3 is 26.2 Å². The lowest BCUT2D eigenvalue weighted by Gasteiger charge is -2.47. The van der Waals surface area contributed by atoms with E-state index >= 15 is 0 Å². The number of nitrogens with one attached hydrogen (secondary N) is 1. The molecule has 4 fully saturated rings. The van der Waals surface area contributed by atoms with Crippen molar-refractivity contribution in [3.8, 4) is 0 Å². The normalized spacial score (nSPS) is 28.7. The van der Waals surface area contributed by atoms with Gasteiger partial charge in [-0.3, -0.25) is 9.59 Å². The number of hydrogen-bond donors (Lipinski definition) is 4. The molecular formula is C28H35N3O4. The van der Waals surface area contributed by atoms with Gasteiger partial charge in [-0.1, -0.05) is 30.3 Å². The Hall–Kier alpha value is -2.74. The van der Waals surface area contributed by atoms with E-state index in [0.29, 0.717) is 43.2 Å². The van der Waals surface area contributed by atoms with Crippen LogP contribution in [0.15, 0.2) is 48.5 Å². The fraction of sp³-hybridized carbons (Fsp3) is 0.500. The first-order chi connectivity index (χ1) is 16.9. The molecule has 1 saturated heterocycles. The number of nitrogens with two attached hydrogens (primary N) is 1. The lowest BCUT2D eigenvalue weighted by atomic mass is 9.61. The molecule has 2 bridgehead atoms. The van der Waals surface area contributed by atoms with Crippen molar-refractivity contribution < 1.29 is 19.8 Å². The van der Waals surface area contributed by atoms with E-state index in [2.05, 4.69) is 23.5 Å². The van der Waals surface area contributed by atoms with Crippen LogP contribution in [-0.2, 0) is 11.3 Å². The van der Waals surface area contributed by atoms with Gasteiger partial charge in [0.1, 0.15) is 0 Å². The van der Waals surface area contributed by atoms with Crippen molar-refractivity contribution in [2.45, 2.75) is 56.8 Å². The number of anilines is 1. The van der Waals surface area contributed by atoms with Gasteiger partial charge in [0.25, 0.3) is 5.91 Å². The molecule has 2 aromatic rings. The second-order valence-electron chi connectivity index (χ2n) is 10.4. The van der Waals surface area contributed by atoms with E-state index in [1.807, 2.05) is 11.0 Å². The van der Waals surface area contributed by atoms with Gasteiger partial charge in [-0.2, -0.15) is 0 Å². The zero-order valence-corrected chi connectivity index (χ0v) is 20.0. The number of likely N-dealkylation sites (tertiary alicyclic amines) is 1. The maximum atomic E-state index is 13.2. The average molecular weight is 478 g/mol. The number of carbonyl (C=O) groups excluding carboxylic acids is 2. The molecule has 3 saturated carbocycles. The quantitative estimate of drug-likeness (QED) is 0.529. The summed E-state index contributed by atoms with van der Waals surface area (Å²) >= 11 is 0. The number of amides is 2. The molecule has 0 radical (unpaired) electrons. The number of carbonyl (C=O) groups is 2. The van der Waals surface area contributed by atoms with Crippen LogP contribution in [0.2, 0.25) is 0 Å². The van der Waals surface area contributed by atoms with E-state index in [-0.39, 0.29) is 29.6 Å². The molecule has 4 aliphatic rings. The molecule has 2 aromatic carbocycles. The van der Waals surface area contributed by atoms with E-state index in [4.69, 9.17) is 5.73 Å². The summed E-state index contributed by atoms with van der Waals surface area (Å²) in [5, 5.41) is 23.5. The zero-order valence-electron chi connectivity index (χ0n) is 20.0. The van der Waals surface area contributed by atoms with Crippen LogP contribution in [0.1, 0.15) is 59.5 Å². The van der Waals surface area contributed by atoms with Crippen molar-refractivity contribution in [2.24, 2.45) is 23.5 Å². The second-order valence-corrected chi connectivity index (χ2v) is 10.4. The Morgan fingerprint density at radius 3 is 2.49 bits per heavy atom. The van der Waals surface area contributed by atoms with Crippen molar-refractivity contribution in [1.29, 1.82) is 0 Å². The number of nitrogens with zero attached hydrogens (tertiary/aromatic N) is 1. The van der Waals surface area contributed by atoms with Crippen LogP contribution >= 0.6 is 0 Å². The molecule has 2 unspecified atom stereocenters. The summed E-state index contributed by atoms with van der Waals surface area (Å²) < 4.78 is 0. The lowest BCUT2D eigenvalue weighted by molar-refractivity contribution is -0.150. The summed E-state index contributed by atoms with van der Waals surface area (Å²) in [6, 6.07) is 15.5. The Bertz CT molecular complexity index is 1080. The number of hydrogen-bond acceptors (Lipinski definition) is 5. The summed E-state index contributed by atoms with van der Waals surface area (Å²) in [5.41, 5.74) is 9.36. The topological polar surface area (TPSA) is 116 Å². The number of piperidine rings is 1. The molecule has 186 valence electrons. The zero-order chi connectivity index (χ0) is 24.5. The Morgan fingerprint density at radius 1 is 0.971 bits per heavy atom. The summed E-state index contributed by atoms with van der Waals surface area (Å²) in [7, 11) is 0. The van der Waals surface area contributed by atoms with E-state index in [1.54, 1.807) is 24.3 Å². The number of benzene rings is 2. The third-order valence-corrected chi connectivity index (χ3v) is 8.37.